The Morgan fingerprint density at radius 2 is 1.83 bits per heavy atom. The van der Waals surface area contributed by atoms with Crippen LogP contribution in [0.5, 0.6) is 5.75 Å². The minimum atomic E-state index is -1.04. The molecule has 1 aromatic heterocycles. The van der Waals surface area contributed by atoms with Crippen molar-refractivity contribution < 1.29 is 18.7 Å². The molecule has 0 radical (unpaired) electrons. The van der Waals surface area contributed by atoms with Crippen molar-refractivity contribution in [2.24, 2.45) is 0 Å². The molecular weight excluding hydrogens is 301 g/mol. The summed E-state index contributed by atoms with van der Waals surface area (Å²) in [6.07, 6.45) is 0.339. The number of carbonyl (C=O) groups excluding carboxylic acids is 1. The predicted octanol–water partition coefficient (Wildman–Crippen LogP) is 3.56. The van der Waals surface area contributed by atoms with Gasteiger partial charge in [-0.3, -0.25) is 9.78 Å². The van der Waals surface area contributed by atoms with E-state index in [0.29, 0.717) is 0 Å². The summed E-state index contributed by atoms with van der Waals surface area (Å²) in [6, 6.07) is 8.29. The number of pyridine rings is 1. The van der Waals surface area contributed by atoms with Gasteiger partial charge in [0.1, 0.15) is 17.1 Å². The zero-order chi connectivity index (χ0) is 17.0. The summed E-state index contributed by atoms with van der Waals surface area (Å²) >= 11 is 0. The van der Waals surface area contributed by atoms with E-state index in [0.717, 1.165) is 0 Å². The monoisotopic (exact) mass is 317 g/mol. The van der Waals surface area contributed by atoms with Crippen molar-refractivity contribution >= 4 is 6.16 Å². The molecule has 2 rings (SSSR count). The van der Waals surface area contributed by atoms with Gasteiger partial charge in [0, 0.05) is 6.20 Å². The average molecular weight is 317 g/mol. The summed E-state index contributed by atoms with van der Waals surface area (Å²) in [5, 5.41) is 0. The normalized spacial score (nSPS) is 11.0. The molecule has 0 fully saturated rings. The fourth-order valence-corrected chi connectivity index (χ4v) is 1.81. The SMILES string of the molecule is CC(C)(C)OC(=O)Oc1c(-c2ncccc2F)ccccc1=O. The first-order chi connectivity index (χ1) is 10.8. The summed E-state index contributed by atoms with van der Waals surface area (Å²) < 4.78 is 24.1. The molecule has 0 atom stereocenters. The molecule has 1 heterocycles. The highest BCUT2D eigenvalue weighted by molar-refractivity contribution is 5.72. The van der Waals surface area contributed by atoms with Crippen LogP contribution in [0.2, 0.25) is 0 Å². The topological polar surface area (TPSA) is 65.5 Å². The molecule has 0 unspecified atom stereocenters. The standard InChI is InChI=1S/C17H16FNO4/c1-17(2,3)23-16(21)22-15-11(7-4-5-9-13(15)20)14-12(18)8-6-10-19-14/h4-10H,1-3H3. The lowest BCUT2D eigenvalue weighted by atomic mass is 10.1. The van der Waals surface area contributed by atoms with E-state index in [-0.39, 0.29) is 17.0 Å². The molecule has 1 aromatic carbocycles. The van der Waals surface area contributed by atoms with Crippen molar-refractivity contribution in [2.45, 2.75) is 26.4 Å². The van der Waals surface area contributed by atoms with Crippen molar-refractivity contribution in [3.63, 3.8) is 0 Å². The van der Waals surface area contributed by atoms with Crippen LogP contribution < -0.4 is 10.2 Å². The smallest absolute Gasteiger partial charge is 0.428 e. The van der Waals surface area contributed by atoms with Gasteiger partial charge in [0.25, 0.3) is 0 Å². The third-order valence-corrected chi connectivity index (χ3v) is 2.68. The molecule has 0 spiro atoms. The lowest BCUT2D eigenvalue weighted by molar-refractivity contribution is 0.0205. The Hall–Kier alpha value is -2.76. The van der Waals surface area contributed by atoms with E-state index in [1.54, 1.807) is 20.8 Å². The van der Waals surface area contributed by atoms with E-state index in [1.165, 1.54) is 42.6 Å². The maximum atomic E-state index is 14.0. The third-order valence-electron chi connectivity index (χ3n) is 2.68. The minimum Gasteiger partial charge on any atom is -0.428 e. The molecule has 0 saturated heterocycles. The van der Waals surface area contributed by atoms with E-state index in [1.807, 2.05) is 0 Å². The fourth-order valence-electron chi connectivity index (χ4n) is 1.81. The molecule has 0 aliphatic carbocycles. The number of halogens is 1. The van der Waals surface area contributed by atoms with Crippen LogP contribution in [0, 0.1) is 5.82 Å². The highest BCUT2D eigenvalue weighted by Crippen LogP contribution is 2.27. The van der Waals surface area contributed by atoms with Crippen LogP contribution in [0.4, 0.5) is 9.18 Å². The van der Waals surface area contributed by atoms with E-state index < -0.39 is 23.0 Å². The van der Waals surface area contributed by atoms with Crippen molar-refractivity contribution in [3.8, 4) is 17.0 Å². The molecule has 6 heteroatoms. The minimum absolute atomic E-state index is 0.0731. The number of hydrogen-bond donors (Lipinski definition) is 0. The maximum Gasteiger partial charge on any atom is 0.514 e. The van der Waals surface area contributed by atoms with Crippen LogP contribution in [-0.2, 0) is 4.74 Å². The zero-order valence-corrected chi connectivity index (χ0v) is 13.0. The van der Waals surface area contributed by atoms with Gasteiger partial charge in [-0.25, -0.2) is 9.18 Å². The lowest BCUT2D eigenvalue weighted by Gasteiger charge is -2.18. The Kier molecular flexibility index (Phi) is 4.74. The van der Waals surface area contributed by atoms with Crippen LogP contribution in [0.3, 0.4) is 0 Å². The predicted molar refractivity (Wildman–Crippen MR) is 82.8 cm³/mol. The van der Waals surface area contributed by atoms with Gasteiger partial charge in [0.15, 0.2) is 5.75 Å². The first-order valence-corrected chi connectivity index (χ1v) is 6.93. The molecular formula is C17H16FNO4. The largest absolute Gasteiger partial charge is 0.514 e. The lowest BCUT2D eigenvalue weighted by Crippen LogP contribution is -2.27. The van der Waals surface area contributed by atoms with E-state index in [9.17, 15) is 14.0 Å². The van der Waals surface area contributed by atoms with Gasteiger partial charge in [0.05, 0.1) is 5.56 Å². The Balaban J connectivity index is 2.52. The number of aromatic nitrogens is 1. The molecule has 0 aliphatic heterocycles. The van der Waals surface area contributed by atoms with Crippen LogP contribution in [0.15, 0.2) is 47.4 Å². The molecule has 0 saturated carbocycles. The van der Waals surface area contributed by atoms with Crippen molar-refractivity contribution in [1.82, 2.24) is 4.98 Å². The fraction of sp³-hybridized carbons (Fsp3) is 0.235. The summed E-state index contributed by atoms with van der Waals surface area (Å²) in [6.45, 7) is 4.99. The Labute approximate surface area is 132 Å². The average Bonchev–Trinajstić information content (AvgIpc) is 2.61. The number of nitrogens with zero attached hydrogens (tertiary/aromatic N) is 1. The second-order valence-electron chi connectivity index (χ2n) is 5.73. The van der Waals surface area contributed by atoms with Crippen molar-refractivity contribution in [3.05, 3.63) is 58.6 Å². The molecule has 5 nitrogen and oxygen atoms in total. The van der Waals surface area contributed by atoms with E-state index in [2.05, 4.69) is 4.98 Å². The molecule has 0 bridgehead atoms. The molecule has 0 aliphatic rings. The summed E-state index contributed by atoms with van der Waals surface area (Å²) in [4.78, 5) is 27.9. The number of hydrogen-bond acceptors (Lipinski definition) is 5. The van der Waals surface area contributed by atoms with Crippen molar-refractivity contribution in [2.75, 3.05) is 0 Å². The van der Waals surface area contributed by atoms with Crippen molar-refractivity contribution in [1.29, 1.82) is 0 Å². The highest BCUT2D eigenvalue weighted by atomic mass is 19.1. The molecule has 23 heavy (non-hydrogen) atoms. The second kappa shape index (κ2) is 6.56. The van der Waals surface area contributed by atoms with Gasteiger partial charge in [0.2, 0.25) is 5.43 Å². The van der Waals surface area contributed by atoms with Gasteiger partial charge >= 0.3 is 6.16 Å². The number of ether oxygens (including phenoxy) is 2. The summed E-state index contributed by atoms with van der Waals surface area (Å²) in [5.41, 5.74) is -1.38. The number of rotatable bonds is 2. The van der Waals surface area contributed by atoms with E-state index in [4.69, 9.17) is 9.47 Å². The van der Waals surface area contributed by atoms with Crippen LogP contribution in [-0.4, -0.2) is 16.7 Å². The third kappa shape index (κ3) is 4.35. The zero-order valence-electron chi connectivity index (χ0n) is 13.0. The Bertz CT molecular complexity index is 784. The summed E-state index contributed by atoms with van der Waals surface area (Å²) in [5.74, 6) is -0.964. The molecule has 120 valence electrons. The summed E-state index contributed by atoms with van der Waals surface area (Å²) in [7, 11) is 0. The van der Waals surface area contributed by atoms with Crippen LogP contribution in [0.25, 0.3) is 11.3 Å². The Morgan fingerprint density at radius 3 is 2.48 bits per heavy atom. The first kappa shape index (κ1) is 16.6. The molecule has 0 N–H and O–H groups in total. The molecule has 2 aromatic rings. The highest BCUT2D eigenvalue weighted by Gasteiger charge is 2.22. The van der Waals surface area contributed by atoms with Gasteiger partial charge in [-0.15, -0.1) is 0 Å². The van der Waals surface area contributed by atoms with Gasteiger partial charge in [-0.05, 0) is 45.0 Å². The first-order valence-electron chi connectivity index (χ1n) is 6.93. The van der Waals surface area contributed by atoms with Gasteiger partial charge < -0.3 is 9.47 Å². The number of carbonyl (C=O) groups is 1. The van der Waals surface area contributed by atoms with Crippen LogP contribution >= 0.6 is 0 Å². The Morgan fingerprint density at radius 1 is 1.13 bits per heavy atom. The second-order valence-corrected chi connectivity index (χ2v) is 5.73. The van der Waals surface area contributed by atoms with Gasteiger partial charge in [-0.2, -0.15) is 0 Å². The van der Waals surface area contributed by atoms with Gasteiger partial charge in [-0.1, -0.05) is 12.1 Å². The quantitative estimate of drug-likeness (QED) is 0.792. The van der Waals surface area contributed by atoms with Crippen LogP contribution in [0.1, 0.15) is 20.8 Å². The molecule has 0 amide bonds. The maximum absolute atomic E-state index is 14.0. The van der Waals surface area contributed by atoms with E-state index >= 15 is 0 Å².